The molecule has 3 rings (SSSR count). The number of carbonyl (C=O) groups excluding carboxylic acids is 1. The summed E-state index contributed by atoms with van der Waals surface area (Å²) in [6, 6.07) is 9.81. The van der Waals surface area contributed by atoms with Gasteiger partial charge in [-0.05, 0) is 24.6 Å². The highest BCUT2D eigenvalue weighted by Crippen LogP contribution is 2.31. The molecule has 0 aliphatic carbocycles. The lowest BCUT2D eigenvalue weighted by molar-refractivity contribution is -0.131. The Morgan fingerprint density at radius 3 is 2.80 bits per heavy atom. The minimum absolute atomic E-state index is 0.171. The van der Waals surface area contributed by atoms with Gasteiger partial charge in [-0.2, -0.15) is 4.76 Å². The summed E-state index contributed by atoms with van der Waals surface area (Å²) in [4.78, 5) is 26.6. The van der Waals surface area contributed by atoms with E-state index >= 15 is 0 Å². The average Bonchev–Trinajstić information content (AvgIpc) is 2.59. The number of carboxylic acid groups (broad SMARTS) is 1. The molecule has 25 heavy (non-hydrogen) atoms. The molecule has 0 bridgehead atoms. The summed E-state index contributed by atoms with van der Waals surface area (Å²) in [6.45, 7) is 1.34. The van der Waals surface area contributed by atoms with Gasteiger partial charge in [0.2, 0.25) is 5.88 Å². The minimum Gasteiger partial charge on any atom is -0.598 e. The van der Waals surface area contributed by atoms with Crippen LogP contribution in [0.5, 0.6) is 11.6 Å². The van der Waals surface area contributed by atoms with Crippen molar-refractivity contribution >= 4 is 23.3 Å². The van der Waals surface area contributed by atoms with Gasteiger partial charge in [-0.25, -0.2) is 9.78 Å². The van der Waals surface area contributed by atoms with Gasteiger partial charge in [0.25, 0.3) is 11.6 Å². The van der Waals surface area contributed by atoms with Crippen LogP contribution < -0.4 is 14.8 Å². The Labute approximate surface area is 142 Å². The summed E-state index contributed by atoms with van der Waals surface area (Å²) in [5.41, 5.74) is -0.0159. The van der Waals surface area contributed by atoms with Gasteiger partial charge in [0.1, 0.15) is 5.75 Å². The number of amides is 1. The van der Waals surface area contributed by atoms with Crippen LogP contribution in [0.25, 0.3) is 0 Å². The molecule has 1 aliphatic rings. The van der Waals surface area contributed by atoms with Crippen molar-refractivity contribution in [2.24, 2.45) is 5.10 Å². The monoisotopic (exact) mass is 342 g/mol. The summed E-state index contributed by atoms with van der Waals surface area (Å²) in [5.74, 6) is -1.54. The number of aliphatic carboxylic acids is 1. The van der Waals surface area contributed by atoms with Crippen molar-refractivity contribution in [3.8, 4) is 11.6 Å². The molecule has 0 saturated heterocycles. The first-order valence-electron chi connectivity index (χ1n) is 7.30. The van der Waals surface area contributed by atoms with E-state index < -0.39 is 29.0 Å². The van der Waals surface area contributed by atoms with Crippen LogP contribution in [0.4, 0.5) is 5.69 Å². The van der Waals surface area contributed by atoms with Gasteiger partial charge in [0.15, 0.2) is 12.4 Å². The molecule has 2 N–H and O–H groups in total. The number of hydrogen-bond donors (Lipinski definition) is 2. The highest BCUT2D eigenvalue weighted by molar-refractivity contribution is 6.63. The molecular formula is C16H14N4O5. The number of hydrogen-bond acceptors (Lipinski definition) is 6. The summed E-state index contributed by atoms with van der Waals surface area (Å²) in [6.07, 6.45) is 1.59. The lowest BCUT2D eigenvalue weighted by Gasteiger charge is -2.37. The molecule has 1 aliphatic heterocycles. The van der Waals surface area contributed by atoms with Gasteiger partial charge >= 0.3 is 5.97 Å². The van der Waals surface area contributed by atoms with Crippen LogP contribution in [0.3, 0.4) is 0 Å². The second-order valence-electron chi connectivity index (χ2n) is 5.34. The predicted octanol–water partition coefficient (Wildman–Crippen LogP) is 1.52. The first-order chi connectivity index (χ1) is 11.9. The molecule has 0 spiro atoms. The molecular weight excluding hydrogens is 328 g/mol. The Hall–Kier alpha value is -3.30. The molecule has 2 heterocycles. The van der Waals surface area contributed by atoms with Crippen LogP contribution in [0.1, 0.15) is 5.56 Å². The van der Waals surface area contributed by atoms with Crippen LogP contribution in [0.15, 0.2) is 47.7 Å². The Kier molecular flexibility index (Phi) is 4.17. The molecule has 1 unspecified atom stereocenters. The van der Waals surface area contributed by atoms with E-state index in [9.17, 15) is 14.8 Å². The van der Waals surface area contributed by atoms with Gasteiger partial charge in [-0.1, -0.05) is 11.2 Å². The second-order valence-corrected chi connectivity index (χ2v) is 5.34. The largest absolute Gasteiger partial charge is 0.598 e. The van der Waals surface area contributed by atoms with E-state index in [0.29, 0.717) is 17.2 Å². The molecule has 1 aromatic heterocycles. The fraction of sp³-hybridized carbons (Fsp3) is 0.125. The number of aryl methyl sites for hydroxylation is 1. The number of pyridine rings is 1. The standard InChI is InChI=1S/C16H14N4O5/c1-10-8-11(5-6-12(10)25-13-4-2-3-7-17-13)20(24)9-18-15(21)14(19-20)16(22)23/h2-8H,9H2,1H3,(H,18,21)(H,22,23). The Bertz CT molecular complexity index is 868. The Balaban J connectivity index is 1.92. The van der Waals surface area contributed by atoms with Crippen molar-refractivity contribution in [3.05, 3.63) is 53.4 Å². The van der Waals surface area contributed by atoms with Crippen molar-refractivity contribution in [2.45, 2.75) is 6.92 Å². The SMILES string of the molecule is Cc1cc([N+]2([O-])CNC(=O)C(C(=O)O)=N2)ccc1Oc1ccccn1. The van der Waals surface area contributed by atoms with Crippen LogP contribution >= 0.6 is 0 Å². The summed E-state index contributed by atoms with van der Waals surface area (Å²) < 4.78 is 4.29. The Morgan fingerprint density at radius 2 is 2.16 bits per heavy atom. The van der Waals surface area contributed by atoms with Crippen molar-refractivity contribution in [1.29, 1.82) is 0 Å². The third kappa shape index (κ3) is 3.32. The van der Waals surface area contributed by atoms with E-state index in [1.807, 2.05) is 0 Å². The van der Waals surface area contributed by atoms with Crippen LogP contribution in [-0.4, -0.2) is 34.3 Å². The molecule has 128 valence electrons. The van der Waals surface area contributed by atoms with Crippen molar-refractivity contribution < 1.29 is 19.4 Å². The van der Waals surface area contributed by atoms with Crippen LogP contribution in [-0.2, 0) is 9.59 Å². The zero-order valence-corrected chi connectivity index (χ0v) is 13.2. The predicted molar refractivity (Wildman–Crippen MR) is 88.7 cm³/mol. The average molecular weight is 342 g/mol. The number of aromatic nitrogens is 1. The number of carbonyl (C=O) groups is 2. The van der Waals surface area contributed by atoms with Crippen LogP contribution in [0.2, 0.25) is 0 Å². The van der Waals surface area contributed by atoms with Gasteiger partial charge in [-0.15, -0.1) is 0 Å². The summed E-state index contributed by atoms with van der Waals surface area (Å²) >= 11 is 0. The van der Waals surface area contributed by atoms with E-state index in [4.69, 9.17) is 9.84 Å². The van der Waals surface area contributed by atoms with E-state index in [-0.39, 0.29) is 5.69 Å². The smallest absolute Gasteiger partial charge is 0.365 e. The zero-order chi connectivity index (χ0) is 18.0. The van der Waals surface area contributed by atoms with Crippen molar-refractivity contribution in [1.82, 2.24) is 15.1 Å². The number of rotatable bonds is 4. The maximum Gasteiger partial charge on any atom is 0.365 e. The van der Waals surface area contributed by atoms with E-state index in [1.54, 1.807) is 37.4 Å². The molecule has 1 amide bonds. The number of ether oxygens (including phenoxy) is 1. The molecule has 0 radical (unpaired) electrons. The van der Waals surface area contributed by atoms with Crippen molar-refractivity contribution in [2.75, 3.05) is 6.67 Å². The normalized spacial score (nSPS) is 19.8. The second kappa shape index (κ2) is 6.30. The maximum atomic E-state index is 12.8. The molecule has 1 atom stereocenters. The van der Waals surface area contributed by atoms with Crippen molar-refractivity contribution in [3.63, 3.8) is 0 Å². The third-order valence-corrected chi connectivity index (χ3v) is 3.55. The van der Waals surface area contributed by atoms with E-state index in [2.05, 4.69) is 15.4 Å². The molecule has 9 heteroatoms. The first kappa shape index (κ1) is 16.6. The molecule has 1 aromatic carbocycles. The molecule has 0 saturated carbocycles. The summed E-state index contributed by atoms with van der Waals surface area (Å²) in [7, 11) is 0. The Morgan fingerprint density at radius 1 is 1.36 bits per heavy atom. The molecule has 2 aromatic rings. The lowest BCUT2D eigenvalue weighted by Crippen LogP contribution is -2.56. The quantitative estimate of drug-likeness (QED) is 0.641. The number of nitrogens with zero attached hydrogens (tertiary/aromatic N) is 3. The fourth-order valence-electron chi connectivity index (χ4n) is 2.28. The topological polar surface area (TPSA) is 124 Å². The molecule has 0 fully saturated rings. The highest BCUT2D eigenvalue weighted by atomic mass is 16.6. The number of carboxylic acids is 1. The van der Waals surface area contributed by atoms with E-state index in [0.717, 1.165) is 0 Å². The van der Waals surface area contributed by atoms with Crippen LogP contribution in [0, 0.1) is 12.1 Å². The van der Waals surface area contributed by atoms with Gasteiger partial charge < -0.3 is 20.4 Å². The fourth-order valence-corrected chi connectivity index (χ4v) is 2.28. The minimum atomic E-state index is -1.55. The lowest BCUT2D eigenvalue weighted by atomic mass is 10.2. The van der Waals surface area contributed by atoms with Gasteiger partial charge in [0, 0.05) is 24.4 Å². The van der Waals surface area contributed by atoms with E-state index in [1.165, 1.54) is 12.1 Å². The number of quaternary nitrogens is 1. The highest BCUT2D eigenvalue weighted by Gasteiger charge is 2.34. The molecule has 9 nitrogen and oxygen atoms in total. The summed E-state index contributed by atoms with van der Waals surface area (Å²) in [5, 5.41) is 27.6. The van der Waals surface area contributed by atoms with Gasteiger partial charge in [-0.3, -0.25) is 4.79 Å². The van der Waals surface area contributed by atoms with Gasteiger partial charge in [0.05, 0.1) is 0 Å². The number of benzene rings is 1. The zero-order valence-electron chi connectivity index (χ0n) is 13.2. The number of nitrogens with one attached hydrogen (secondary N) is 1. The number of hydroxylamine groups is 1. The third-order valence-electron chi connectivity index (χ3n) is 3.55. The maximum absolute atomic E-state index is 12.8. The first-order valence-corrected chi connectivity index (χ1v) is 7.30.